The zero-order valence-corrected chi connectivity index (χ0v) is 10.9. The van der Waals surface area contributed by atoms with Crippen molar-refractivity contribution < 1.29 is 0 Å². The lowest BCUT2D eigenvalue weighted by atomic mass is 9.98. The number of hydrogen-bond acceptors (Lipinski definition) is 1. The molecule has 1 heteroatoms. The minimum absolute atomic E-state index is 0.644. The second-order valence-corrected chi connectivity index (χ2v) is 4.53. The van der Waals surface area contributed by atoms with Crippen molar-refractivity contribution in [1.29, 1.82) is 0 Å². The molecule has 0 aliphatic heterocycles. The van der Waals surface area contributed by atoms with Gasteiger partial charge in [-0.05, 0) is 37.4 Å². The molecule has 0 amide bonds. The second-order valence-electron chi connectivity index (χ2n) is 4.53. The van der Waals surface area contributed by atoms with Crippen LogP contribution in [0.3, 0.4) is 0 Å². The van der Waals surface area contributed by atoms with Gasteiger partial charge in [0, 0.05) is 6.04 Å². The Morgan fingerprint density at radius 1 is 1.19 bits per heavy atom. The summed E-state index contributed by atoms with van der Waals surface area (Å²) in [5, 5.41) is 3.59. The molecule has 16 heavy (non-hydrogen) atoms. The summed E-state index contributed by atoms with van der Waals surface area (Å²) in [4.78, 5) is 0. The van der Waals surface area contributed by atoms with Gasteiger partial charge in [-0.15, -0.1) is 0 Å². The Balaban J connectivity index is 2.56. The summed E-state index contributed by atoms with van der Waals surface area (Å²) >= 11 is 0. The highest BCUT2D eigenvalue weighted by Gasteiger charge is 2.08. The highest BCUT2D eigenvalue weighted by Crippen LogP contribution is 2.12. The summed E-state index contributed by atoms with van der Waals surface area (Å²) in [7, 11) is 0. The largest absolute Gasteiger partial charge is 0.314 e. The number of hydrogen-bond donors (Lipinski definition) is 1. The average Bonchev–Trinajstić information content (AvgIpc) is 2.29. The predicted octanol–water partition coefficient (Wildman–Crippen LogP) is 3.71. The van der Waals surface area contributed by atoms with Crippen LogP contribution in [0.4, 0.5) is 0 Å². The van der Waals surface area contributed by atoms with E-state index < -0.39 is 0 Å². The fraction of sp³-hybridized carbons (Fsp3) is 0.600. The molecule has 0 bridgehead atoms. The maximum absolute atomic E-state index is 3.59. The zero-order valence-electron chi connectivity index (χ0n) is 10.9. The van der Waals surface area contributed by atoms with Crippen molar-refractivity contribution in [3.8, 4) is 0 Å². The molecule has 0 heterocycles. The second kappa shape index (κ2) is 7.45. The monoisotopic (exact) mass is 219 g/mol. The maximum atomic E-state index is 3.59. The third-order valence-electron chi connectivity index (χ3n) is 3.13. The van der Waals surface area contributed by atoms with Gasteiger partial charge in [-0.2, -0.15) is 0 Å². The van der Waals surface area contributed by atoms with Gasteiger partial charge in [0.2, 0.25) is 0 Å². The summed E-state index contributed by atoms with van der Waals surface area (Å²) in [6.45, 7) is 7.73. The van der Waals surface area contributed by atoms with Gasteiger partial charge in [-0.3, -0.25) is 0 Å². The number of aryl methyl sites for hydroxylation is 1. The first kappa shape index (κ1) is 13.2. The Morgan fingerprint density at radius 2 is 1.94 bits per heavy atom. The maximum Gasteiger partial charge on any atom is 0.0107 e. The quantitative estimate of drug-likeness (QED) is 0.737. The summed E-state index contributed by atoms with van der Waals surface area (Å²) in [5.41, 5.74) is 2.91. The molecule has 1 N–H and O–H groups in total. The van der Waals surface area contributed by atoms with E-state index in [0.717, 1.165) is 6.54 Å². The fourth-order valence-corrected chi connectivity index (χ4v) is 2.12. The molecule has 0 spiro atoms. The predicted molar refractivity (Wildman–Crippen MR) is 71.9 cm³/mol. The molecule has 0 saturated heterocycles. The van der Waals surface area contributed by atoms with Crippen LogP contribution in [0.2, 0.25) is 0 Å². The molecule has 1 unspecified atom stereocenters. The summed E-state index contributed by atoms with van der Waals surface area (Å²) in [5.74, 6) is 0. The van der Waals surface area contributed by atoms with E-state index >= 15 is 0 Å². The Hall–Kier alpha value is -0.820. The molecular formula is C15H25N. The molecule has 0 fully saturated rings. The third kappa shape index (κ3) is 4.36. The molecule has 1 rings (SSSR count). The third-order valence-corrected chi connectivity index (χ3v) is 3.13. The number of unbranched alkanes of at least 4 members (excludes halogenated alkanes) is 1. The Bertz CT molecular complexity index is 293. The van der Waals surface area contributed by atoms with E-state index in [4.69, 9.17) is 0 Å². The van der Waals surface area contributed by atoms with Gasteiger partial charge in [0.1, 0.15) is 0 Å². The van der Waals surface area contributed by atoms with Gasteiger partial charge in [-0.1, -0.05) is 51.0 Å². The topological polar surface area (TPSA) is 12.0 Å². The van der Waals surface area contributed by atoms with Crippen molar-refractivity contribution in [2.45, 2.75) is 52.5 Å². The highest BCUT2D eigenvalue weighted by molar-refractivity contribution is 5.26. The first-order valence-electron chi connectivity index (χ1n) is 6.55. The zero-order chi connectivity index (χ0) is 11.8. The lowest BCUT2D eigenvalue weighted by Crippen LogP contribution is -2.31. The van der Waals surface area contributed by atoms with Crippen molar-refractivity contribution in [2.24, 2.45) is 0 Å². The van der Waals surface area contributed by atoms with Crippen molar-refractivity contribution >= 4 is 0 Å². The average molecular weight is 219 g/mol. The molecule has 1 atom stereocenters. The highest BCUT2D eigenvalue weighted by atomic mass is 14.9. The van der Waals surface area contributed by atoms with E-state index in [0.29, 0.717) is 6.04 Å². The molecule has 0 aliphatic rings. The van der Waals surface area contributed by atoms with Crippen LogP contribution < -0.4 is 5.32 Å². The molecule has 0 aliphatic carbocycles. The smallest absolute Gasteiger partial charge is 0.0107 e. The van der Waals surface area contributed by atoms with Gasteiger partial charge in [-0.25, -0.2) is 0 Å². The van der Waals surface area contributed by atoms with E-state index in [1.165, 1.54) is 36.8 Å². The number of benzene rings is 1. The number of likely N-dealkylation sites (N-methyl/N-ethyl adjacent to an activating group) is 1. The molecule has 1 nitrogen and oxygen atoms in total. The van der Waals surface area contributed by atoms with Crippen LogP contribution in [0.25, 0.3) is 0 Å². The number of rotatable bonds is 7. The normalized spacial score (nSPS) is 12.7. The minimum atomic E-state index is 0.644. The van der Waals surface area contributed by atoms with Gasteiger partial charge < -0.3 is 5.32 Å². The van der Waals surface area contributed by atoms with E-state index in [1.807, 2.05) is 0 Å². The van der Waals surface area contributed by atoms with E-state index in [-0.39, 0.29) is 0 Å². The van der Waals surface area contributed by atoms with Crippen LogP contribution >= 0.6 is 0 Å². The van der Waals surface area contributed by atoms with Gasteiger partial charge >= 0.3 is 0 Å². The fourth-order valence-electron chi connectivity index (χ4n) is 2.12. The summed E-state index contributed by atoms with van der Waals surface area (Å²) in [6, 6.07) is 9.37. The van der Waals surface area contributed by atoms with Crippen molar-refractivity contribution in [2.75, 3.05) is 6.54 Å². The van der Waals surface area contributed by atoms with Crippen LogP contribution in [0.15, 0.2) is 24.3 Å². The van der Waals surface area contributed by atoms with Gasteiger partial charge in [0.15, 0.2) is 0 Å². The Kier molecular flexibility index (Phi) is 6.17. The van der Waals surface area contributed by atoms with Gasteiger partial charge in [0.25, 0.3) is 0 Å². The van der Waals surface area contributed by atoms with Crippen LogP contribution in [0, 0.1) is 6.92 Å². The lowest BCUT2D eigenvalue weighted by Gasteiger charge is -2.18. The number of nitrogens with one attached hydrogen (secondary N) is 1. The Labute approximate surface area is 100 Å². The first-order chi connectivity index (χ1) is 7.77. The van der Waals surface area contributed by atoms with E-state index in [1.54, 1.807) is 0 Å². The standard InChI is InChI=1S/C15H25N/c1-4-6-11-15(16-5-2)12-14-10-8-7-9-13(14)3/h7-10,15-16H,4-6,11-12H2,1-3H3. The molecule has 1 aromatic rings. The van der Waals surface area contributed by atoms with Crippen molar-refractivity contribution in [3.63, 3.8) is 0 Å². The Morgan fingerprint density at radius 3 is 2.56 bits per heavy atom. The van der Waals surface area contributed by atoms with Crippen LogP contribution in [0.1, 0.15) is 44.2 Å². The van der Waals surface area contributed by atoms with E-state index in [2.05, 4.69) is 50.4 Å². The van der Waals surface area contributed by atoms with Gasteiger partial charge in [0.05, 0.1) is 0 Å². The van der Waals surface area contributed by atoms with E-state index in [9.17, 15) is 0 Å². The van der Waals surface area contributed by atoms with Crippen LogP contribution in [-0.4, -0.2) is 12.6 Å². The summed E-state index contributed by atoms with van der Waals surface area (Å²) in [6.07, 6.45) is 5.07. The molecular weight excluding hydrogens is 194 g/mol. The first-order valence-corrected chi connectivity index (χ1v) is 6.55. The lowest BCUT2D eigenvalue weighted by molar-refractivity contribution is 0.473. The van der Waals surface area contributed by atoms with Crippen LogP contribution in [-0.2, 0) is 6.42 Å². The molecule has 0 aromatic heterocycles. The SMILES string of the molecule is CCCCC(Cc1ccccc1C)NCC. The van der Waals surface area contributed by atoms with Crippen molar-refractivity contribution in [3.05, 3.63) is 35.4 Å². The molecule has 0 saturated carbocycles. The molecule has 90 valence electrons. The van der Waals surface area contributed by atoms with Crippen LogP contribution in [0.5, 0.6) is 0 Å². The minimum Gasteiger partial charge on any atom is -0.314 e. The van der Waals surface area contributed by atoms with Crippen molar-refractivity contribution in [1.82, 2.24) is 5.32 Å². The summed E-state index contributed by atoms with van der Waals surface area (Å²) < 4.78 is 0. The molecule has 0 radical (unpaired) electrons. The molecule has 1 aromatic carbocycles.